The number of thioether (sulfide) groups is 1. The maximum atomic E-state index is 13.8. The van der Waals surface area contributed by atoms with E-state index in [0.717, 1.165) is 75.2 Å². The van der Waals surface area contributed by atoms with Gasteiger partial charge in [0.25, 0.3) is 5.91 Å². The molecule has 186 valence electrons. The number of benzene rings is 3. The zero-order valence-corrected chi connectivity index (χ0v) is 22.3. The van der Waals surface area contributed by atoms with Gasteiger partial charge in [0.05, 0.1) is 10.6 Å². The Balaban J connectivity index is 1.42. The first kappa shape index (κ1) is 24.1. The van der Waals surface area contributed by atoms with Crippen LogP contribution in [0.5, 0.6) is 0 Å². The maximum Gasteiger partial charge on any atom is 0.267 e. The van der Waals surface area contributed by atoms with Crippen LogP contribution in [0.1, 0.15) is 42.5 Å². The van der Waals surface area contributed by atoms with Crippen molar-refractivity contribution in [2.75, 3.05) is 0 Å². The number of hydrogen-bond donors (Lipinski definition) is 0. The van der Waals surface area contributed by atoms with Crippen molar-refractivity contribution < 1.29 is 4.79 Å². The highest BCUT2D eigenvalue weighted by Crippen LogP contribution is 2.40. The van der Waals surface area contributed by atoms with Crippen LogP contribution in [0.25, 0.3) is 17.0 Å². The lowest BCUT2D eigenvalue weighted by atomic mass is 10.1. The van der Waals surface area contributed by atoms with Crippen molar-refractivity contribution in [1.82, 2.24) is 9.47 Å². The first-order valence-electron chi connectivity index (χ1n) is 12.8. The maximum absolute atomic E-state index is 13.8. The smallest absolute Gasteiger partial charge is 0.267 e. The van der Waals surface area contributed by atoms with Crippen LogP contribution in [0, 0.1) is 6.92 Å². The van der Waals surface area contributed by atoms with Crippen LogP contribution in [-0.4, -0.2) is 26.6 Å². The molecule has 1 saturated heterocycles. The molecule has 0 N–H and O–H groups in total. The van der Waals surface area contributed by atoms with Crippen molar-refractivity contribution >= 4 is 57.1 Å². The van der Waals surface area contributed by atoms with Gasteiger partial charge in [-0.25, -0.2) is 4.99 Å². The van der Waals surface area contributed by atoms with Crippen molar-refractivity contribution in [1.29, 1.82) is 0 Å². The zero-order chi connectivity index (χ0) is 25.4. The van der Waals surface area contributed by atoms with Gasteiger partial charge in [-0.3, -0.25) is 9.69 Å². The minimum absolute atomic E-state index is 0.0699. The van der Waals surface area contributed by atoms with E-state index in [1.54, 1.807) is 0 Å². The van der Waals surface area contributed by atoms with Crippen molar-refractivity contribution in [2.45, 2.75) is 45.2 Å². The lowest BCUT2D eigenvalue weighted by molar-refractivity contribution is -0.123. The van der Waals surface area contributed by atoms with Crippen LogP contribution in [0.2, 0.25) is 5.02 Å². The third-order valence-electron chi connectivity index (χ3n) is 7.32. The Hall–Kier alpha value is -3.28. The SMILES string of the molecule is Cc1c(/C=C2/SC(=Nc3ccccc3)N(C3CCCC3)C2=O)c2ccccc2n1Cc1ccc(Cl)cc1. The molecule has 0 radical (unpaired) electrons. The van der Waals surface area contributed by atoms with Crippen molar-refractivity contribution in [2.24, 2.45) is 4.99 Å². The molecule has 0 unspecified atom stereocenters. The van der Waals surface area contributed by atoms with Gasteiger partial charge in [-0.15, -0.1) is 0 Å². The highest BCUT2D eigenvalue weighted by atomic mass is 35.5. The molecule has 4 nitrogen and oxygen atoms in total. The molecule has 1 aliphatic carbocycles. The minimum Gasteiger partial charge on any atom is -0.340 e. The Bertz CT molecular complexity index is 1520. The normalized spacial score (nSPS) is 18.6. The second kappa shape index (κ2) is 10.2. The number of aliphatic imine (C=N–C) groups is 1. The number of para-hydroxylation sites is 2. The molecule has 0 spiro atoms. The van der Waals surface area contributed by atoms with Crippen molar-refractivity contribution in [3.63, 3.8) is 0 Å². The Morgan fingerprint density at radius 1 is 0.973 bits per heavy atom. The van der Waals surface area contributed by atoms with E-state index in [0.29, 0.717) is 0 Å². The molecule has 2 fully saturated rings. The fraction of sp³-hybridized carbons (Fsp3) is 0.226. The molecule has 1 amide bonds. The van der Waals surface area contributed by atoms with Crippen molar-refractivity contribution in [3.05, 3.63) is 106 Å². The van der Waals surface area contributed by atoms with E-state index >= 15 is 0 Å². The monoisotopic (exact) mass is 525 g/mol. The van der Waals surface area contributed by atoms with Crippen molar-refractivity contribution in [3.8, 4) is 0 Å². The molecule has 1 aromatic heterocycles. The Morgan fingerprint density at radius 2 is 1.68 bits per heavy atom. The summed E-state index contributed by atoms with van der Waals surface area (Å²) in [6, 6.07) is 26.6. The van der Waals surface area contributed by atoms with Gasteiger partial charge in [-0.05, 0) is 73.5 Å². The number of fused-ring (bicyclic) bond motifs is 1. The zero-order valence-electron chi connectivity index (χ0n) is 20.7. The summed E-state index contributed by atoms with van der Waals surface area (Å²) >= 11 is 7.61. The number of halogens is 1. The third-order valence-corrected chi connectivity index (χ3v) is 8.55. The third kappa shape index (κ3) is 4.74. The Morgan fingerprint density at radius 3 is 2.43 bits per heavy atom. The lowest BCUT2D eigenvalue weighted by Gasteiger charge is -2.22. The average Bonchev–Trinajstić information content (AvgIpc) is 3.61. The van der Waals surface area contributed by atoms with E-state index in [1.807, 2.05) is 47.4 Å². The number of carbonyl (C=O) groups is 1. The van der Waals surface area contributed by atoms with Crippen LogP contribution in [0.3, 0.4) is 0 Å². The minimum atomic E-state index is 0.0699. The van der Waals surface area contributed by atoms with E-state index in [2.05, 4.69) is 54.0 Å². The van der Waals surface area contributed by atoms with Gasteiger partial charge < -0.3 is 4.57 Å². The summed E-state index contributed by atoms with van der Waals surface area (Å²) in [5.74, 6) is 0.0699. The molecule has 0 bridgehead atoms. The van der Waals surface area contributed by atoms with E-state index in [4.69, 9.17) is 16.6 Å². The van der Waals surface area contributed by atoms with Gasteiger partial charge in [-0.2, -0.15) is 0 Å². The van der Waals surface area contributed by atoms with Gasteiger partial charge in [0.15, 0.2) is 5.17 Å². The largest absolute Gasteiger partial charge is 0.340 e. The molecule has 0 atom stereocenters. The number of amidine groups is 1. The van der Waals surface area contributed by atoms with Crippen LogP contribution in [0.15, 0.2) is 88.8 Å². The number of nitrogens with zero attached hydrogens (tertiary/aromatic N) is 3. The highest BCUT2D eigenvalue weighted by Gasteiger charge is 2.39. The van der Waals surface area contributed by atoms with Crippen LogP contribution < -0.4 is 0 Å². The summed E-state index contributed by atoms with van der Waals surface area (Å²) in [6.45, 7) is 2.88. The summed E-state index contributed by atoms with van der Waals surface area (Å²) in [4.78, 5) is 21.4. The number of aromatic nitrogens is 1. The summed E-state index contributed by atoms with van der Waals surface area (Å²) in [6.07, 6.45) is 6.47. The number of amides is 1. The van der Waals surface area contributed by atoms with Gasteiger partial charge >= 0.3 is 0 Å². The fourth-order valence-corrected chi connectivity index (χ4v) is 6.58. The molecule has 4 aromatic rings. The van der Waals surface area contributed by atoms with E-state index in [1.165, 1.54) is 17.3 Å². The first-order valence-corrected chi connectivity index (χ1v) is 14.0. The molecule has 3 aromatic carbocycles. The molecule has 2 heterocycles. The Labute approximate surface area is 226 Å². The molecule has 2 aliphatic rings. The fourth-order valence-electron chi connectivity index (χ4n) is 5.41. The van der Waals surface area contributed by atoms with Gasteiger partial charge in [0.1, 0.15) is 0 Å². The van der Waals surface area contributed by atoms with E-state index in [9.17, 15) is 4.79 Å². The second-order valence-electron chi connectivity index (χ2n) is 9.68. The average molecular weight is 526 g/mol. The van der Waals surface area contributed by atoms with E-state index in [-0.39, 0.29) is 11.9 Å². The summed E-state index contributed by atoms with van der Waals surface area (Å²) in [7, 11) is 0. The molecule has 37 heavy (non-hydrogen) atoms. The number of hydrogen-bond acceptors (Lipinski definition) is 3. The van der Waals surface area contributed by atoms with Gasteiger partial charge in [0, 0.05) is 39.8 Å². The number of rotatable bonds is 5. The second-order valence-corrected chi connectivity index (χ2v) is 11.1. The molecule has 1 aliphatic heterocycles. The molecular weight excluding hydrogens is 498 g/mol. The lowest BCUT2D eigenvalue weighted by Crippen LogP contribution is -2.37. The summed E-state index contributed by atoms with van der Waals surface area (Å²) < 4.78 is 2.32. The first-order chi connectivity index (χ1) is 18.1. The molecule has 6 rings (SSSR count). The quantitative estimate of drug-likeness (QED) is 0.246. The topological polar surface area (TPSA) is 37.6 Å². The van der Waals surface area contributed by atoms with Crippen LogP contribution >= 0.6 is 23.4 Å². The predicted octanol–water partition coefficient (Wildman–Crippen LogP) is 8.20. The van der Waals surface area contributed by atoms with Crippen LogP contribution in [-0.2, 0) is 11.3 Å². The molecule has 6 heteroatoms. The predicted molar refractivity (Wildman–Crippen MR) is 155 cm³/mol. The summed E-state index contributed by atoms with van der Waals surface area (Å²) in [5.41, 5.74) is 5.44. The van der Waals surface area contributed by atoms with Crippen LogP contribution in [0.4, 0.5) is 5.69 Å². The van der Waals surface area contributed by atoms with Gasteiger partial charge in [0.2, 0.25) is 0 Å². The van der Waals surface area contributed by atoms with Gasteiger partial charge in [-0.1, -0.05) is 73.0 Å². The standard InChI is InChI=1S/C31H28ClN3OS/c1-21-27(26-13-7-8-14-28(26)34(21)20-22-15-17-23(32)18-16-22)19-29-30(36)35(25-11-5-6-12-25)31(37-29)33-24-9-3-2-4-10-24/h2-4,7-10,13-19,25H,5-6,11-12,20H2,1H3/b29-19+,33-31?. The highest BCUT2D eigenvalue weighted by molar-refractivity contribution is 8.18. The summed E-state index contributed by atoms with van der Waals surface area (Å²) in [5, 5.41) is 2.67. The number of carbonyl (C=O) groups excluding carboxylic acids is 1. The van der Waals surface area contributed by atoms with E-state index < -0.39 is 0 Å². The Kier molecular flexibility index (Phi) is 6.66. The molecule has 1 saturated carbocycles. The molecular formula is C31H28ClN3OS.